The van der Waals surface area contributed by atoms with Crippen LogP contribution in [0.5, 0.6) is 0 Å². The predicted octanol–water partition coefficient (Wildman–Crippen LogP) is 4.01. The van der Waals surface area contributed by atoms with Crippen molar-refractivity contribution in [2.75, 3.05) is 27.2 Å². The fraction of sp³-hybridized carbons (Fsp3) is 0.593. The Morgan fingerprint density at radius 3 is 2.37 bits per heavy atom. The summed E-state index contributed by atoms with van der Waals surface area (Å²) in [6.07, 6.45) is 1.67. The van der Waals surface area contributed by atoms with Crippen molar-refractivity contribution in [1.29, 1.82) is 0 Å². The molecular formula is C27H41N3O4S. The summed E-state index contributed by atoms with van der Waals surface area (Å²) in [4.78, 5) is 42.6. The minimum absolute atomic E-state index is 0.0457. The van der Waals surface area contributed by atoms with Crippen molar-refractivity contribution in [3.05, 3.63) is 47.5 Å². The molecule has 35 heavy (non-hydrogen) atoms. The number of esters is 1. The van der Waals surface area contributed by atoms with Gasteiger partial charge in [-0.05, 0) is 45.7 Å². The average Bonchev–Trinajstić information content (AvgIpc) is 3.03. The molecule has 3 atom stereocenters. The number of thioether (sulfide) groups is 1. The Kier molecular flexibility index (Phi) is 9.59. The zero-order valence-electron chi connectivity index (χ0n) is 22.5. The molecule has 1 aliphatic heterocycles. The van der Waals surface area contributed by atoms with Crippen molar-refractivity contribution in [2.45, 2.75) is 70.7 Å². The Hall–Kier alpha value is -2.32. The average molecular weight is 504 g/mol. The van der Waals surface area contributed by atoms with Gasteiger partial charge in [-0.1, -0.05) is 57.2 Å². The third-order valence-corrected chi connectivity index (χ3v) is 7.89. The van der Waals surface area contributed by atoms with Crippen LogP contribution in [0, 0.1) is 5.41 Å². The van der Waals surface area contributed by atoms with Gasteiger partial charge in [0, 0.05) is 23.9 Å². The van der Waals surface area contributed by atoms with Crippen LogP contribution in [0.3, 0.4) is 0 Å². The first kappa shape index (κ1) is 28.9. The number of ether oxygens (including phenoxy) is 1. The molecule has 8 heteroatoms. The summed E-state index contributed by atoms with van der Waals surface area (Å²) >= 11 is 1.75. The van der Waals surface area contributed by atoms with E-state index in [-0.39, 0.29) is 28.5 Å². The van der Waals surface area contributed by atoms with E-state index in [0.717, 1.165) is 5.56 Å². The normalized spacial score (nSPS) is 21.3. The maximum absolute atomic E-state index is 13.6. The molecule has 1 N–H and O–H groups in total. The van der Waals surface area contributed by atoms with E-state index in [9.17, 15) is 14.4 Å². The van der Waals surface area contributed by atoms with E-state index in [1.807, 2.05) is 46.0 Å². The van der Waals surface area contributed by atoms with Crippen molar-refractivity contribution in [3.8, 4) is 0 Å². The zero-order valence-corrected chi connectivity index (χ0v) is 23.4. The highest BCUT2D eigenvalue weighted by Crippen LogP contribution is 2.51. The van der Waals surface area contributed by atoms with Crippen LogP contribution in [0.1, 0.15) is 59.4 Å². The topological polar surface area (TPSA) is 79.0 Å². The van der Waals surface area contributed by atoms with Crippen LogP contribution in [0.15, 0.2) is 42.0 Å². The van der Waals surface area contributed by atoms with Crippen LogP contribution in [0.2, 0.25) is 0 Å². The summed E-state index contributed by atoms with van der Waals surface area (Å²) in [6.45, 7) is 13.9. The van der Waals surface area contributed by atoms with Gasteiger partial charge in [0.05, 0.1) is 12.0 Å². The Balaban J connectivity index is 2.20. The Morgan fingerprint density at radius 2 is 1.83 bits per heavy atom. The minimum atomic E-state index is -0.721. The molecule has 1 heterocycles. The third-order valence-electron chi connectivity index (χ3n) is 6.23. The summed E-state index contributed by atoms with van der Waals surface area (Å²) in [7, 11) is 3.64. The molecule has 0 bridgehead atoms. The quantitative estimate of drug-likeness (QED) is 0.427. The molecule has 0 aromatic heterocycles. The number of carbonyl (C=O) groups is 3. The molecule has 2 amide bonds. The zero-order chi connectivity index (χ0) is 26.6. The standard InChI is InChI=1S/C27H41N3O4S/c1-10-34-25(33)18(2)16-17-29(8)23(32)20(26(3,4)5)28-22(31)21-27(6,7)35-24(30(21)9)19-14-12-11-13-15-19/h11-16,20-21,24H,10,17H2,1-9H3,(H,28,31)/b18-16+. The van der Waals surface area contributed by atoms with Crippen molar-refractivity contribution in [1.82, 2.24) is 15.1 Å². The second-order valence-electron chi connectivity index (χ2n) is 10.7. The molecule has 1 aromatic rings. The number of rotatable bonds is 8. The molecule has 0 aliphatic carbocycles. The van der Waals surface area contributed by atoms with Crippen LogP contribution in [0.25, 0.3) is 0 Å². The number of likely N-dealkylation sites (N-methyl/N-ethyl adjacent to an activating group) is 2. The number of hydrogen-bond acceptors (Lipinski definition) is 6. The van der Waals surface area contributed by atoms with Crippen LogP contribution < -0.4 is 5.32 Å². The number of hydrogen-bond donors (Lipinski definition) is 1. The lowest BCUT2D eigenvalue weighted by atomic mass is 9.85. The monoisotopic (exact) mass is 503 g/mol. The van der Waals surface area contributed by atoms with Gasteiger partial charge in [-0.2, -0.15) is 0 Å². The first-order chi connectivity index (χ1) is 16.2. The number of carbonyl (C=O) groups excluding carboxylic acids is 3. The first-order valence-electron chi connectivity index (χ1n) is 12.0. The second kappa shape index (κ2) is 11.6. The summed E-state index contributed by atoms with van der Waals surface area (Å²) in [5.41, 5.74) is 1.09. The maximum atomic E-state index is 13.6. The van der Waals surface area contributed by atoms with Crippen molar-refractivity contribution >= 4 is 29.5 Å². The summed E-state index contributed by atoms with van der Waals surface area (Å²) < 4.78 is 4.65. The van der Waals surface area contributed by atoms with Gasteiger partial charge >= 0.3 is 5.97 Å². The summed E-state index contributed by atoms with van der Waals surface area (Å²) in [6, 6.07) is 9.02. The van der Waals surface area contributed by atoms with Gasteiger partial charge in [-0.3, -0.25) is 14.5 Å². The van der Waals surface area contributed by atoms with Crippen LogP contribution in [-0.2, 0) is 19.1 Å². The molecule has 1 fully saturated rings. The van der Waals surface area contributed by atoms with Gasteiger partial charge in [0.2, 0.25) is 11.8 Å². The molecule has 1 saturated heterocycles. The van der Waals surface area contributed by atoms with Crippen molar-refractivity contribution in [3.63, 3.8) is 0 Å². The van der Waals surface area contributed by atoms with Crippen molar-refractivity contribution < 1.29 is 19.1 Å². The lowest BCUT2D eigenvalue weighted by Crippen LogP contribution is -2.59. The molecule has 0 saturated carbocycles. The number of benzene rings is 1. The van der Waals surface area contributed by atoms with E-state index in [4.69, 9.17) is 4.74 Å². The largest absolute Gasteiger partial charge is 0.463 e. The van der Waals surface area contributed by atoms with Crippen LogP contribution >= 0.6 is 11.8 Å². The van der Waals surface area contributed by atoms with E-state index in [2.05, 4.69) is 36.2 Å². The SMILES string of the molecule is CCOC(=O)/C(C)=C/CN(C)C(=O)C(NC(=O)C1N(C)C(c2ccccc2)SC1(C)C)C(C)(C)C. The highest BCUT2D eigenvalue weighted by atomic mass is 32.2. The van der Waals surface area contributed by atoms with E-state index in [1.54, 1.807) is 38.7 Å². The molecule has 0 radical (unpaired) electrons. The number of nitrogens with one attached hydrogen (secondary N) is 1. The molecule has 3 unspecified atom stereocenters. The third kappa shape index (κ3) is 7.10. The molecule has 1 aliphatic rings. The van der Waals surface area contributed by atoms with Crippen molar-refractivity contribution in [2.24, 2.45) is 5.41 Å². The van der Waals surface area contributed by atoms with E-state index in [1.165, 1.54) is 4.90 Å². The Labute approximate surface area is 214 Å². The fourth-order valence-corrected chi connectivity index (χ4v) is 5.82. The maximum Gasteiger partial charge on any atom is 0.333 e. The lowest BCUT2D eigenvalue weighted by Gasteiger charge is -2.36. The van der Waals surface area contributed by atoms with Gasteiger partial charge in [-0.15, -0.1) is 11.8 Å². The molecule has 0 spiro atoms. The van der Waals surface area contributed by atoms with Gasteiger partial charge in [0.25, 0.3) is 0 Å². The smallest absolute Gasteiger partial charge is 0.333 e. The summed E-state index contributed by atoms with van der Waals surface area (Å²) in [5.74, 6) is -0.765. The van der Waals surface area contributed by atoms with Gasteiger partial charge in [0.1, 0.15) is 12.1 Å². The van der Waals surface area contributed by atoms with Gasteiger partial charge in [0.15, 0.2) is 0 Å². The van der Waals surface area contributed by atoms with E-state index >= 15 is 0 Å². The highest BCUT2D eigenvalue weighted by molar-refractivity contribution is 8.01. The number of amides is 2. The van der Waals surface area contributed by atoms with Gasteiger partial charge in [-0.25, -0.2) is 4.79 Å². The van der Waals surface area contributed by atoms with Crippen LogP contribution in [0.4, 0.5) is 0 Å². The lowest BCUT2D eigenvalue weighted by molar-refractivity contribution is -0.140. The predicted molar refractivity (Wildman–Crippen MR) is 142 cm³/mol. The Morgan fingerprint density at radius 1 is 1.23 bits per heavy atom. The van der Waals surface area contributed by atoms with E-state index < -0.39 is 23.5 Å². The molecule has 7 nitrogen and oxygen atoms in total. The number of nitrogens with zero attached hydrogens (tertiary/aromatic N) is 2. The highest BCUT2D eigenvalue weighted by Gasteiger charge is 2.50. The first-order valence-corrected chi connectivity index (χ1v) is 12.9. The fourth-order valence-electron chi connectivity index (χ4n) is 4.26. The molecule has 194 valence electrons. The van der Waals surface area contributed by atoms with Gasteiger partial charge < -0.3 is 15.0 Å². The molecular weight excluding hydrogens is 462 g/mol. The molecule has 2 rings (SSSR count). The minimum Gasteiger partial charge on any atom is -0.463 e. The molecule has 1 aromatic carbocycles. The van der Waals surface area contributed by atoms with Crippen LogP contribution in [-0.4, -0.2) is 71.7 Å². The van der Waals surface area contributed by atoms with E-state index in [0.29, 0.717) is 12.2 Å². The summed E-state index contributed by atoms with van der Waals surface area (Å²) in [5, 5.41) is 3.12. The second-order valence-corrected chi connectivity index (χ2v) is 12.4. The Bertz CT molecular complexity index is 939.